The predicted octanol–water partition coefficient (Wildman–Crippen LogP) is 3.72. The monoisotopic (exact) mass is 243 g/mol. The largest absolute Gasteiger partial charge is 0.382 e. The Morgan fingerprint density at radius 2 is 2.17 bits per heavy atom. The molecule has 3 heteroatoms. The van der Waals surface area contributed by atoms with Crippen LogP contribution in [0.25, 0.3) is 0 Å². The second kappa shape index (κ2) is 6.39. The van der Waals surface area contributed by atoms with Gasteiger partial charge in [0.25, 0.3) is 0 Å². The minimum absolute atomic E-state index is 0.486. The van der Waals surface area contributed by atoms with Crippen LogP contribution >= 0.6 is 0 Å². The van der Waals surface area contributed by atoms with Crippen LogP contribution in [-0.2, 0) is 0 Å². The topological polar surface area (TPSA) is 48.7 Å². The summed E-state index contributed by atoms with van der Waals surface area (Å²) < 4.78 is 0. The Kier molecular flexibility index (Phi) is 4.58. The summed E-state index contributed by atoms with van der Waals surface area (Å²) in [5, 5.41) is 12.3. The zero-order valence-corrected chi connectivity index (χ0v) is 11.0. The van der Waals surface area contributed by atoms with E-state index in [1.165, 1.54) is 38.5 Å². The molecular weight excluding hydrogens is 222 g/mol. The van der Waals surface area contributed by atoms with Gasteiger partial charge in [-0.05, 0) is 43.7 Å². The number of nitrogens with zero attached hydrogens (tertiary/aromatic N) is 2. The first-order chi connectivity index (χ1) is 8.81. The predicted molar refractivity (Wildman–Crippen MR) is 73.2 cm³/mol. The standard InChI is InChI=1S/C15H21N3/c1-2-3-12-4-6-13(7-5-12)18-14-8-9-17-15(10-14)11-16/h8-10,12-13H,2-7H2,1H3,(H,17,18). The van der Waals surface area contributed by atoms with Gasteiger partial charge < -0.3 is 5.32 Å². The molecule has 1 N–H and O–H groups in total. The summed E-state index contributed by atoms with van der Waals surface area (Å²) in [6.45, 7) is 2.27. The highest BCUT2D eigenvalue weighted by atomic mass is 14.9. The number of pyridine rings is 1. The van der Waals surface area contributed by atoms with Gasteiger partial charge in [-0.1, -0.05) is 19.8 Å². The molecule has 1 aromatic rings. The Morgan fingerprint density at radius 3 is 2.83 bits per heavy atom. The molecule has 0 atom stereocenters. The van der Waals surface area contributed by atoms with Gasteiger partial charge in [-0.3, -0.25) is 0 Å². The van der Waals surface area contributed by atoms with Crippen LogP contribution in [0, 0.1) is 17.2 Å². The molecule has 0 spiro atoms. The van der Waals surface area contributed by atoms with Crippen molar-refractivity contribution in [3.63, 3.8) is 0 Å². The van der Waals surface area contributed by atoms with Gasteiger partial charge in [0, 0.05) is 17.9 Å². The van der Waals surface area contributed by atoms with E-state index in [1.807, 2.05) is 12.1 Å². The van der Waals surface area contributed by atoms with E-state index >= 15 is 0 Å². The van der Waals surface area contributed by atoms with Crippen LogP contribution in [0.5, 0.6) is 0 Å². The van der Waals surface area contributed by atoms with E-state index in [0.717, 1.165) is 11.6 Å². The number of hydrogen-bond donors (Lipinski definition) is 1. The minimum atomic E-state index is 0.486. The van der Waals surface area contributed by atoms with E-state index in [4.69, 9.17) is 5.26 Å². The van der Waals surface area contributed by atoms with Gasteiger partial charge in [0.1, 0.15) is 11.8 Å². The van der Waals surface area contributed by atoms with Crippen LogP contribution in [0.1, 0.15) is 51.1 Å². The summed E-state index contributed by atoms with van der Waals surface area (Å²) in [7, 11) is 0. The third-order valence-corrected chi connectivity index (χ3v) is 3.79. The third-order valence-electron chi connectivity index (χ3n) is 3.79. The molecule has 0 aromatic carbocycles. The van der Waals surface area contributed by atoms with Crippen molar-refractivity contribution < 1.29 is 0 Å². The van der Waals surface area contributed by atoms with Crippen LogP contribution in [0.15, 0.2) is 18.3 Å². The van der Waals surface area contributed by atoms with E-state index in [0.29, 0.717) is 11.7 Å². The normalized spacial score (nSPS) is 23.3. The van der Waals surface area contributed by atoms with E-state index in [-0.39, 0.29) is 0 Å². The zero-order valence-electron chi connectivity index (χ0n) is 11.0. The highest BCUT2D eigenvalue weighted by Gasteiger charge is 2.20. The quantitative estimate of drug-likeness (QED) is 0.876. The number of anilines is 1. The summed E-state index contributed by atoms with van der Waals surface area (Å²) in [6.07, 6.45) is 9.54. The molecule has 1 aliphatic rings. The fourth-order valence-electron chi connectivity index (χ4n) is 2.82. The summed E-state index contributed by atoms with van der Waals surface area (Å²) >= 11 is 0. The maximum atomic E-state index is 8.82. The van der Waals surface area contributed by atoms with Gasteiger partial charge in [0.05, 0.1) is 0 Å². The molecule has 0 bridgehead atoms. The average molecular weight is 243 g/mol. The van der Waals surface area contributed by atoms with Gasteiger partial charge in [0.2, 0.25) is 0 Å². The fraction of sp³-hybridized carbons (Fsp3) is 0.600. The molecule has 0 unspecified atom stereocenters. The summed E-state index contributed by atoms with van der Waals surface area (Å²) in [4.78, 5) is 3.99. The first-order valence-electron chi connectivity index (χ1n) is 6.94. The maximum Gasteiger partial charge on any atom is 0.142 e. The van der Waals surface area contributed by atoms with Gasteiger partial charge in [0.15, 0.2) is 0 Å². The molecule has 1 saturated carbocycles. The minimum Gasteiger partial charge on any atom is -0.382 e. The van der Waals surface area contributed by atoms with Crippen molar-refractivity contribution in [3.05, 3.63) is 24.0 Å². The Bertz CT molecular complexity index is 414. The first-order valence-corrected chi connectivity index (χ1v) is 6.94. The number of nitrogens with one attached hydrogen (secondary N) is 1. The molecule has 3 nitrogen and oxygen atoms in total. The molecule has 18 heavy (non-hydrogen) atoms. The van der Waals surface area contributed by atoms with Crippen LogP contribution < -0.4 is 5.32 Å². The van der Waals surface area contributed by atoms with Crippen LogP contribution in [0.4, 0.5) is 5.69 Å². The van der Waals surface area contributed by atoms with Gasteiger partial charge >= 0.3 is 0 Å². The van der Waals surface area contributed by atoms with Crippen LogP contribution in [0.3, 0.4) is 0 Å². The number of nitriles is 1. The van der Waals surface area contributed by atoms with Crippen molar-refractivity contribution >= 4 is 5.69 Å². The van der Waals surface area contributed by atoms with E-state index in [2.05, 4.69) is 23.3 Å². The second-order valence-corrected chi connectivity index (χ2v) is 5.19. The Morgan fingerprint density at radius 1 is 1.39 bits per heavy atom. The van der Waals surface area contributed by atoms with Gasteiger partial charge in [-0.15, -0.1) is 0 Å². The van der Waals surface area contributed by atoms with Crippen molar-refractivity contribution in [3.8, 4) is 6.07 Å². The Balaban J connectivity index is 1.86. The van der Waals surface area contributed by atoms with Crippen molar-refractivity contribution in [2.75, 3.05) is 5.32 Å². The van der Waals surface area contributed by atoms with Crippen LogP contribution in [-0.4, -0.2) is 11.0 Å². The lowest BCUT2D eigenvalue weighted by molar-refractivity contribution is 0.319. The SMILES string of the molecule is CCCC1CCC(Nc2ccnc(C#N)c2)CC1. The van der Waals surface area contributed by atoms with Crippen LogP contribution in [0.2, 0.25) is 0 Å². The summed E-state index contributed by atoms with van der Waals surface area (Å²) in [6, 6.07) is 6.41. The number of rotatable bonds is 4. The number of hydrogen-bond acceptors (Lipinski definition) is 3. The molecule has 0 saturated heterocycles. The van der Waals surface area contributed by atoms with Crippen molar-refractivity contribution in [1.29, 1.82) is 5.26 Å². The number of aromatic nitrogens is 1. The van der Waals surface area contributed by atoms with Crippen molar-refractivity contribution in [2.45, 2.75) is 51.5 Å². The molecular formula is C15H21N3. The molecule has 0 amide bonds. The molecule has 0 aliphatic heterocycles. The van der Waals surface area contributed by atoms with Crippen molar-refractivity contribution in [1.82, 2.24) is 4.98 Å². The lowest BCUT2D eigenvalue weighted by atomic mass is 9.83. The lowest BCUT2D eigenvalue weighted by Crippen LogP contribution is -2.26. The fourth-order valence-corrected chi connectivity index (χ4v) is 2.82. The molecule has 1 aromatic heterocycles. The Hall–Kier alpha value is -1.56. The highest BCUT2D eigenvalue weighted by Crippen LogP contribution is 2.29. The van der Waals surface area contributed by atoms with E-state index in [1.54, 1.807) is 6.20 Å². The lowest BCUT2D eigenvalue weighted by Gasteiger charge is -2.29. The Labute approximate surface area is 109 Å². The highest BCUT2D eigenvalue weighted by molar-refractivity contribution is 5.46. The third kappa shape index (κ3) is 3.46. The molecule has 96 valence electrons. The summed E-state index contributed by atoms with van der Waals surface area (Å²) in [5.74, 6) is 0.931. The average Bonchev–Trinajstić information content (AvgIpc) is 2.42. The summed E-state index contributed by atoms with van der Waals surface area (Å²) in [5.41, 5.74) is 1.51. The van der Waals surface area contributed by atoms with Gasteiger partial charge in [-0.25, -0.2) is 4.98 Å². The molecule has 0 radical (unpaired) electrons. The second-order valence-electron chi connectivity index (χ2n) is 5.19. The van der Waals surface area contributed by atoms with E-state index in [9.17, 15) is 0 Å². The smallest absolute Gasteiger partial charge is 0.142 e. The van der Waals surface area contributed by atoms with Crippen molar-refractivity contribution in [2.24, 2.45) is 5.92 Å². The van der Waals surface area contributed by atoms with E-state index < -0.39 is 0 Å². The molecule has 2 rings (SSSR count). The van der Waals surface area contributed by atoms with Gasteiger partial charge in [-0.2, -0.15) is 5.26 Å². The molecule has 1 heterocycles. The first kappa shape index (κ1) is 12.9. The maximum absolute atomic E-state index is 8.82. The molecule has 1 aliphatic carbocycles. The zero-order chi connectivity index (χ0) is 12.8. The molecule has 1 fully saturated rings.